The molecule has 10 aromatic rings. The molecule has 3 heterocycles. The molecule has 0 bridgehead atoms. The van der Waals surface area contributed by atoms with E-state index in [1.54, 1.807) is 0 Å². The van der Waals surface area contributed by atoms with Crippen molar-refractivity contribution < 1.29 is 4.42 Å². The van der Waals surface area contributed by atoms with E-state index in [1.165, 1.54) is 43.6 Å². The van der Waals surface area contributed by atoms with Gasteiger partial charge in [0.25, 0.3) is 0 Å². The van der Waals surface area contributed by atoms with Crippen molar-refractivity contribution >= 4 is 65.6 Å². The number of para-hydroxylation sites is 5. The quantitative estimate of drug-likeness (QED) is 0.206. The Hall–Kier alpha value is -6.06. The average molecular weight is 575 g/mol. The molecule has 0 aliphatic rings. The lowest BCUT2D eigenvalue weighted by atomic mass is 9.98. The minimum atomic E-state index is 0.896. The molecule has 0 unspecified atom stereocenters. The highest BCUT2D eigenvalue weighted by atomic mass is 16.3. The highest BCUT2D eigenvalue weighted by Crippen LogP contribution is 2.44. The van der Waals surface area contributed by atoms with Crippen LogP contribution in [-0.4, -0.2) is 9.13 Å². The average Bonchev–Trinajstić information content (AvgIpc) is 3.76. The summed E-state index contributed by atoms with van der Waals surface area (Å²) in [4.78, 5) is 0. The first-order valence-corrected chi connectivity index (χ1v) is 15.4. The molecule has 0 fully saturated rings. The molecule has 0 N–H and O–H groups in total. The van der Waals surface area contributed by atoms with Crippen LogP contribution in [0.3, 0.4) is 0 Å². The van der Waals surface area contributed by atoms with Crippen LogP contribution >= 0.6 is 0 Å². The van der Waals surface area contributed by atoms with Crippen molar-refractivity contribution in [1.82, 2.24) is 9.13 Å². The summed E-state index contributed by atoms with van der Waals surface area (Å²) in [6.45, 7) is 0. The smallest absolute Gasteiger partial charge is 0.145 e. The van der Waals surface area contributed by atoms with Gasteiger partial charge in [-0.1, -0.05) is 103 Å². The number of furan rings is 1. The first-order chi connectivity index (χ1) is 22.3. The van der Waals surface area contributed by atoms with Gasteiger partial charge in [-0.15, -0.1) is 0 Å². The monoisotopic (exact) mass is 574 g/mol. The maximum Gasteiger partial charge on any atom is 0.145 e. The zero-order valence-corrected chi connectivity index (χ0v) is 24.3. The van der Waals surface area contributed by atoms with Gasteiger partial charge in [0.2, 0.25) is 0 Å². The van der Waals surface area contributed by atoms with E-state index in [0.29, 0.717) is 0 Å². The topological polar surface area (TPSA) is 23.0 Å². The first kappa shape index (κ1) is 24.4. The standard InChI is InChI=1S/C42H26N2O/c1-2-12-28(13-3-1)43-35-18-8-4-16-31(35)32-23-22-27(26-39(32)43)41-38(25-24-34-33-17-7-11-21-40(33)45-42(34)41)44-36-19-9-5-14-29(36)30-15-6-10-20-37(30)44/h1-26H. The summed E-state index contributed by atoms with van der Waals surface area (Å²) in [5.41, 5.74) is 11.0. The predicted molar refractivity (Wildman–Crippen MR) is 188 cm³/mol. The van der Waals surface area contributed by atoms with Crippen LogP contribution in [0.15, 0.2) is 162 Å². The molecule has 0 saturated carbocycles. The Morgan fingerprint density at radius 3 is 1.60 bits per heavy atom. The van der Waals surface area contributed by atoms with Gasteiger partial charge in [0.05, 0.1) is 27.8 Å². The Morgan fingerprint density at radius 1 is 0.378 bits per heavy atom. The summed E-state index contributed by atoms with van der Waals surface area (Å²) < 4.78 is 11.6. The summed E-state index contributed by atoms with van der Waals surface area (Å²) in [5, 5.41) is 7.20. The Kier molecular flexibility index (Phi) is 5.00. The number of rotatable bonds is 3. The molecular weight excluding hydrogens is 548 g/mol. The number of fused-ring (bicyclic) bond motifs is 9. The van der Waals surface area contributed by atoms with Crippen molar-refractivity contribution in [3.05, 3.63) is 158 Å². The van der Waals surface area contributed by atoms with E-state index in [9.17, 15) is 0 Å². The summed E-state index contributed by atoms with van der Waals surface area (Å²) >= 11 is 0. The zero-order chi connectivity index (χ0) is 29.5. The van der Waals surface area contributed by atoms with Gasteiger partial charge in [-0.3, -0.25) is 0 Å². The third-order valence-electron chi connectivity index (χ3n) is 9.32. The second-order valence-electron chi connectivity index (χ2n) is 11.7. The molecule has 0 aliphatic heterocycles. The summed E-state index contributed by atoms with van der Waals surface area (Å²) in [7, 11) is 0. The molecule has 7 aromatic carbocycles. The molecule has 0 amide bonds. The normalized spacial score (nSPS) is 12.0. The second kappa shape index (κ2) is 9.22. The lowest BCUT2D eigenvalue weighted by Gasteiger charge is -2.15. The summed E-state index contributed by atoms with van der Waals surface area (Å²) in [6.07, 6.45) is 0. The Bertz CT molecular complexity index is 2710. The van der Waals surface area contributed by atoms with Gasteiger partial charge in [0, 0.05) is 43.6 Å². The number of aromatic nitrogens is 2. The second-order valence-corrected chi connectivity index (χ2v) is 11.7. The van der Waals surface area contributed by atoms with Gasteiger partial charge in [-0.25, -0.2) is 0 Å². The molecule has 45 heavy (non-hydrogen) atoms. The van der Waals surface area contributed by atoms with E-state index >= 15 is 0 Å². The van der Waals surface area contributed by atoms with E-state index in [1.807, 2.05) is 6.07 Å². The predicted octanol–water partition coefficient (Wildman–Crippen LogP) is 11.4. The molecule has 210 valence electrons. The molecule has 0 spiro atoms. The Balaban J connectivity index is 1.37. The van der Waals surface area contributed by atoms with Gasteiger partial charge in [0.15, 0.2) is 0 Å². The van der Waals surface area contributed by atoms with Crippen molar-refractivity contribution in [2.45, 2.75) is 0 Å². The van der Waals surface area contributed by atoms with Crippen LogP contribution in [0.5, 0.6) is 0 Å². The largest absolute Gasteiger partial charge is 0.455 e. The number of benzene rings is 7. The highest BCUT2D eigenvalue weighted by Gasteiger charge is 2.22. The highest BCUT2D eigenvalue weighted by molar-refractivity contribution is 6.16. The van der Waals surface area contributed by atoms with Crippen LogP contribution < -0.4 is 0 Å². The molecule has 10 rings (SSSR count). The third kappa shape index (κ3) is 3.41. The third-order valence-corrected chi connectivity index (χ3v) is 9.32. The van der Waals surface area contributed by atoms with E-state index in [0.717, 1.165) is 44.4 Å². The fourth-order valence-electron chi connectivity index (χ4n) is 7.41. The lowest BCUT2D eigenvalue weighted by molar-refractivity contribution is 0.670. The molecule has 0 atom stereocenters. The minimum absolute atomic E-state index is 0.896. The number of hydrogen-bond acceptors (Lipinski definition) is 1. The van der Waals surface area contributed by atoms with Crippen molar-refractivity contribution in [2.24, 2.45) is 0 Å². The number of hydrogen-bond donors (Lipinski definition) is 0. The molecule has 3 nitrogen and oxygen atoms in total. The van der Waals surface area contributed by atoms with Crippen LogP contribution in [0.2, 0.25) is 0 Å². The van der Waals surface area contributed by atoms with E-state index in [2.05, 4.69) is 161 Å². The fourth-order valence-corrected chi connectivity index (χ4v) is 7.41. The van der Waals surface area contributed by atoms with Crippen molar-refractivity contribution in [3.8, 4) is 22.5 Å². The van der Waals surface area contributed by atoms with Crippen LogP contribution in [0.25, 0.3) is 88.1 Å². The number of nitrogens with zero attached hydrogens (tertiary/aromatic N) is 2. The summed E-state index contributed by atoms with van der Waals surface area (Å²) in [6, 6.07) is 56.5. The maximum absolute atomic E-state index is 6.77. The van der Waals surface area contributed by atoms with Crippen molar-refractivity contribution in [1.29, 1.82) is 0 Å². The maximum atomic E-state index is 6.77. The lowest BCUT2D eigenvalue weighted by Crippen LogP contribution is -1.98. The van der Waals surface area contributed by atoms with Crippen LogP contribution in [0.4, 0.5) is 0 Å². The van der Waals surface area contributed by atoms with Gasteiger partial charge in [-0.05, 0) is 60.2 Å². The Morgan fingerprint density at radius 2 is 0.911 bits per heavy atom. The summed E-state index contributed by atoms with van der Waals surface area (Å²) in [5.74, 6) is 0. The molecule has 0 saturated heterocycles. The van der Waals surface area contributed by atoms with E-state index in [-0.39, 0.29) is 0 Å². The van der Waals surface area contributed by atoms with Gasteiger partial charge in [-0.2, -0.15) is 0 Å². The SMILES string of the molecule is c1ccc(-n2c3ccccc3c3ccc(-c4c(-n5c6ccccc6c6ccccc65)ccc5c4oc4ccccc45)cc32)cc1. The van der Waals surface area contributed by atoms with Gasteiger partial charge in [0.1, 0.15) is 11.2 Å². The van der Waals surface area contributed by atoms with Crippen LogP contribution in [0, 0.1) is 0 Å². The van der Waals surface area contributed by atoms with Crippen molar-refractivity contribution in [2.75, 3.05) is 0 Å². The zero-order valence-electron chi connectivity index (χ0n) is 24.3. The van der Waals surface area contributed by atoms with Gasteiger partial charge < -0.3 is 13.6 Å². The van der Waals surface area contributed by atoms with E-state index in [4.69, 9.17) is 4.42 Å². The molecule has 3 aromatic heterocycles. The molecule has 0 radical (unpaired) electrons. The van der Waals surface area contributed by atoms with Crippen molar-refractivity contribution in [3.63, 3.8) is 0 Å². The molecule has 3 heteroatoms. The first-order valence-electron chi connectivity index (χ1n) is 15.4. The van der Waals surface area contributed by atoms with Crippen LogP contribution in [0.1, 0.15) is 0 Å². The Labute approximate surface area is 258 Å². The molecule has 0 aliphatic carbocycles. The van der Waals surface area contributed by atoms with E-state index < -0.39 is 0 Å². The molecular formula is C42H26N2O. The fraction of sp³-hybridized carbons (Fsp3) is 0. The van der Waals surface area contributed by atoms with Gasteiger partial charge >= 0.3 is 0 Å². The minimum Gasteiger partial charge on any atom is -0.455 e. The van der Waals surface area contributed by atoms with Crippen LogP contribution in [-0.2, 0) is 0 Å².